The standard InChI is InChI=1S/C24H47NO2.C18H34O.CH4O/c1-5-8-10-12-13-15-18-23(17-14-11-9-6-2)19-20-25(21-22-27-4)24(26)16-7-3;1-2-3-4-5-6-7-8-9-10-11-12-13-14-15-16-17-18-19;1-2/h7,16,23H,5-6,8-15,17-22H2,1-4H3;9-10,18H,2-8,11-17H2,1H3;2H,1H3/b16-7-;10-9-;. The van der Waals surface area contributed by atoms with Crippen LogP contribution in [-0.4, -0.2) is 56.1 Å². The predicted molar refractivity (Wildman–Crippen MR) is 212 cm³/mol. The van der Waals surface area contributed by atoms with Gasteiger partial charge in [0.15, 0.2) is 0 Å². The summed E-state index contributed by atoms with van der Waals surface area (Å²) < 4.78 is 5.19. The number of methoxy groups -OCH3 is 1. The molecule has 0 spiro atoms. The topological polar surface area (TPSA) is 66.8 Å². The van der Waals surface area contributed by atoms with Crippen molar-refractivity contribution in [2.45, 2.75) is 201 Å². The van der Waals surface area contributed by atoms with Gasteiger partial charge >= 0.3 is 0 Å². The number of carbonyl (C=O) groups excluding carboxylic acids is 2. The zero-order valence-corrected chi connectivity index (χ0v) is 33.3. The molecule has 0 saturated heterocycles. The number of allylic oxidation sites excluding steroid dienone is 3. The first-order valence-electron chi connectivity index (χ1n) is 20.5. The van der Waals surface area contributed by atoms with Crippen molar-refractivity contribution in [2.75, 3.05) is 33.9 Å². The van der Waals surface area contributed by atoms with Gasteiger partial charge in [-0.3, -0.25) is 4.79 Å². The Morgan fingerprint density at radius 1 is 0.604 bits per heavy atom. The SMILES string of the molecule is C/C=C\C(=O)N(CCOC)CCC(CCCCCC)CCCCCCCC.CCCCCCCC/C=C\CCCCCCCC=O.CO. The van der Waals surface area contributed by atoms with Crippen LogP contribution in [0.4, 0.5) is 0 Å². The highest BCUT2D eigenvalue weighted by Gasteiger charge is 2.15. The molecule has 0 fully saturated rings. The molecule has 0 aliphatic carbocycles. The Morgan fingerprint density at radius 2 is 1.02 bits per heavy atom. The van der Waals surface area contributed by atoms with Crippen molar-refractivity contribution in [2.24, 2.45) is 5.92 Å². The van der Waals surface area contributed by atoms with E-state index in [0.717, 1.165) is 45.1 Å². The number of hydrogen-bond acceptors (Lipinski definition) is 4. The minimum atomic E-state index is 0.124. The van der Waals surface area contributed by atoms with Gasteiger partial charge in [-0.25, -0.2) is 0 Å². The molecule has 1 N–H and O–H groups in total. The van der Waals surface area contributed by atoms with Gasteiger partial charge in [0.1, 0.15) is 6.29 Å². The second kappa shape index (κ2) is 47.7. The van der Waals surface area contributed by atoms with Crippen molar-refractivity contribution in [3.8, 4) is 0 Å². The van der Waals surface area contributed by atoms with E-state index in [-0.39, 0.29) is 5.91 Å². The van der Waals surface area contributed by atoms with Crippen LogP contribution >= 0.6 is 0 Å². The molecule has 0 aromatic carbocycles. The summed E-state index contributed by atoms with van der Waals surface area (Å²) in [5, 5.41) is 7.00. The Balaban J connectivity index is -0.000000846. The van der Waals surface area contributed by atoms with E-state index in [0.29, 0.717) is 13.2 Å². The molecule has 0 bridgehead atoms. The Hall–Kier alpha value is -1.46. The van der Waals surface area contributed by atoms with Crippen molar-refractivity contribution in [1.82, 2.24) is 4.90 Å². The Bertz CT molecular complexity index is 663. The van der Waals surface area contributed by atoms with Crippen LogP contribution in [0.3, 0.4) is 0 Å². The van der Waals surface area contributed by atoms with Gasteiger partial charge in [0.05, 0.1) is 6.61 Å². The van der Waals surface area contributed by atoms with Crippen LogP contribution < -0.4 is 0 Å². The molecular weight excluding hydrogens is 594 g/mol. The number of amides is 1. The van der Waals surface area contributed by atoms with Crippen LogP contribution in [0, 0.1) is 5.92 Å². The van der Waals surface area contributed by atoms with Crippen LogP contribution in [0.5, 0.6) is 0 Å². The second-order valence-electron chi connectivity index (χ2n) is 13.4. The van der Waals surface area contributed by atoms with Crippen LogP contribution in [0.1, 0.15) is 201 Å². The van der Waals surface area contributed by atoms with E-state index in [9.17, 15) is 9.59 Å². The normalized spacial score (nSPS) is 11.6. The molecular formula is C43H85NO4. The molecule has 48 heavy (non-hydrogen) atoms. The lowest BCUT2D eigenvalue weighted by molar-refractivity contribution is -0.126. The van der Waals surface area contributed by atoms with Gasteiger partial charge in [0.2, 0.25) is 5.91 Å². The van der Waals surface area contributed by atoms with Crippen molar-refractivity contribution >= 4 is 12.2 Å². The zero-order valence-electron chi connectivity index (χ0n) is 33.3. The van der Waals surface area contributed by atoms with E-state index >= 15 is 0 Å². The van der Waals surface area contributed by atoms with Gasteiger partial charge in [-0.2, -0.15) is 0 Å². The van der Waals surface area contributed by atoms with E-state index in [2.05, 4.69) is 32.9 Å². The number of ether oxygens (including phenoxy) is 1. The van der Waals surface area contributed by atoms with Crippen molar-refractivity contribution < 1.29 is 19.4 Å². The van der Waals surface area contributed by atoms with Crippen LogP contribution in [0.25, 0.3) is 0 Å². The molecule has 5 nitrogen and oxygen atoms in total. The number of hydrogen-bond donors (Lipinski definition) is 1. The fourth-order valence-corrected chi connectivity index (χ4v) is 5.92. The third-order valence-corrected chi connectivity index (χ3v) is 9.01. The van der Waals surface area contributed by atoms with Gasteiger partial charge in [0, 0.05) is 33.7 Å². The molecule has 286 valence electrons. The van der Waals surface area contributed by atoms with Crippen molar-refractivity contribution in [3.05, 3.63) is 24.3 Å². The van der Waals surface area contributed by atoms with E-state index in [1.165, 1.54) is 154 Å². The first kappa shape index (κ1) is 50.9. The summed E-state index contributed by atoms with van der Waals surface area (Å²) in [7, 11) is 2.70. The Labute approximate surface area is 301 Å². The summed E-state index contributed by atoms with van der Waals surface area (Å²) in [4.78, 5) is 24.4. The quantitative estimate of drug-likeness (QED) is 0.0318. The maximum absolute atomic E-state index is 12.3. The molecule has 0 aromatic rings. The molecule has 5 heteroatoms. The first-order chi connectivity index (χ1) is 23.6. The molecule has 0 rings (SSSR count). The number of aldehydes is 1. The molecule has 1 unspecified atom stereocenters. The summed E-state index contributed by atoms with van der Waals surface area (Å²) in [6.45, 7) is 10.9. The fraction of sp³-hybridized carbons (Fsp3) is 0.860. The molecule has 1 amide bonds. The molecule has 0 radical (unpaired) electrons. The molecule has 0 heterocycles. The predicted octanol–water partition coefficient (Wildman–Crippen LogP) is 12.6. The highest BCUT2D eigenvalue weighted by atomic mass is 16.5. The van der Waals surface area contributed by atoms with Gasteiger partial charge in [-0.15, -0.1) is 0 Å². The fourth-order valence-electron chi connectivity index (χ4n) is 5.92. The smallest absolute Gasteiger partial charge is 0.246 e. The number of rotatable bonds is 34. The first-order valence-corrected chi connectivity index (χ1v) is 20.5. The monoisotopic (exact) mass is 680 g/mol. The number of aliphatic hydroxyl groups excluding tert-OH is 1. The number of unbranched alkanes of at least 4 members (excludes halogenated alkanes) is 20. The summed E-state index contributed by atoms with van der Waals surface area (Å²) in [5.41, 5.74) is 0. The highest BCUT2D eigenvalue weighted by Crippen LogP contribution is 2.22. The summed E-state index contributed by atoms with van der Waals surface area (Å²) in [6.07, 6.45) is 44.4. The summed E-state index contributed by atoms with van der Waals surface area (Å²) in [6, 6.07) is 0. The second-order valence-corrected chi connectivity index (χ2v) is 13.4. The molecule has 0 saturated carbocycles. The maximum atomic E-state index is 12.3. The highest BCUT2D eigenvalue weighted by molar-refractivity contribution is 5.87. The largest absolute Gasteiger partial charge is 0.400 e. The average molecular weight is 680 g/mol. The van der Waals surface area contributed by atoms with Crippen molar-refractivity contribution in [3.63, 3.8) is 0 Å². The number of aliphatic hydroxyl groups is 1. The lowest BCUT2D eigenvalue weighted by atomic mass is 9.91. The lowest BCUT2D eigenvalue weighted by Crippen LogP contribution is -2.34. The van der Waals surface area contributed by atoms with E-state index < -0.39 is 0 Å². The molecule has 0 aliphatic heterocycles. The number of nitrogens with zero attached hydrogens (tertiary/aromatic N) is 1. The minimum Gasteiger partial charge on any atom is -0.400 e. The van der Waals surface area contributed by atoms with Gasteiger partial charge < -0.3 is 19.5 Å². The Kier molecular flexibility index (Phi) is 50.5. The average Bonchev–Trinajstić information content (AvgIpc) is 3.10. The molecule has 1 atom stereocenters. The van der Waals surface area contributed by atoms with Gasteiger partial charge in [0.25, 0.3) is 0 Å². The van der Waals surface area contributed by atoms with Gasteiger partial charge in [-0.1, -0.05) is 167 Å². The van der Waals surface area contributed by atoms with E-state index in [1.54, 1.807) is 13.2 Å². The molecule has 0 aromatic heterocycles. The zero-order chi connectivity index (χ0) is 36.2. The minimum absolute atomic E-state index is 0.124. The summed E-state index contributed by atoms with van der Waals surface area (Å²) in [5.74, 6) is 0.885. The van der Waals surface area contributed by atoms with E-state index in [1.807, 2.05) is 17.9 Å². The molecule has 0 aliphatic rings. The van der Waals surface area contributed by atoms with Gasteiger partial charge in [-0.05, 0) is 57.4 Å². The number of carbonyl (C=O) groups is 2. The lowest BCUT2D eigenvalue weighted by Gasteiger charge is -2.24. The van der Waals surface area contributed by atoms with E-state index in [4.69, 9.17) is 9.84 Å². The maximum Gasteiger partial charge on any atom is 0.246 e. The van der Waals surface area contributed by atoms with Crippen molar-refractivity contribution in [1.29, 1.82) is 0 Å². The van der Waals surface area contributed by atoms with Crippen LogP contribution in [0.2, 0.25) is 0 Å². The van der Waals surface area contributed by atoms with Crippen LogP contribution in [-0.2, 0) is 14.3 Å². The third-order valence-electron chi connectivity index (χ3n) is 9.01. The Morgan fingerprint density at radius 3 is 1.46 bits per heavy atom. The summed E-state index contributed by atoms with van der Waals surface area (Å²) >= 11 is 0. The third kappa shape index (κ3) is 42.6. The van der Waals surface area contributed by atoms with Crippen LogP contribution in [0.15, 0.2) is 24.3 Å².